The van der Waals surface area contributed by atoms with Crippen molar-refractivity contribution >= 4 is 5.96 Å². The van der Waals surface area contributed by atoms with Crippen LogP contribution in [0.15, 0.2) is 29.3 Å². The van der Waals surface area contributed by atoms with E-state index in [1.165, 1.54) is 12.5 Å². The maximum absolute atomic E-state index is 13.7. The van der Waals surface area contributed by atoms with E-state index in [1.54, 1.807) is 25.2 Å². The maximum atomic E-state index is 13.7. The molecule has 0 radical (unpaired) electrons. The first-order valence-corrected chi connectivity index (χ1v) is 8.73. The summed E-state index contributed by atoms with van der Waals surface area (Å²) in [6.45, 7) is 2.58. The van der Waals surface area contributed by atoms with Crippen molar-refractivity contribution < 1.29 is 13.9 Å². The van der Waals surface area contributed by atoms with E-state index < -0.39 is 0 Å². The summed E-state index contributed by atoms with van der Waals surface area (Å²) in [5.41, 5.74) is 0. The molecule has 0 spiro atoms. The molecule has 5 nitrogen and oxygen atoms in total. The van der Waals surface area contributed by atoms with Gasteiger partial charge in [-0.25, -0.2) is 4.39 Å². The third-order valence-electron chi connectivity index (χ3n) is 4.73. The van der Waals surface area contributed by atoms with Crippen LogP contribution >= 0.6 is 0 Å². The van der Waals surface area contributed by atoms with E-state index in [1.807, 2.05) is 6.92 Å². The third kappa shape index (κ3) is 3.98. The second-order valence-electron chi connectivity index (χ2n) is 6.39. The topological polar surface area (TPSA) is 54.9 Å². The summed E-state index contributed by atoms with van der Waals surface area (Å²) >= 11 is 0. The van der Waals surface area contributed by atoms with Gasteiger partial charge in [-0.3, -0.25) is 4.99 Å². The molecule has 1 aromatic carbocycles. The van der Waals surface area contributed by atoms with Gasteiger partial charge in [0.2, 0.25) is 0 Å². The quantitative estimate of drug-likeness (QED) is 0.619. The van der Waals surface area contributed by atoms with Gasteiger partial charge in [0.15, 0.2) is 17.5 Å². The number of ether oxygens (including phenoxy) is 2. The van der Waals surface area contributed by atoms with E-state index >= 15 is 0 Å². The Morgan fingerprint density at radius 2 is 2.25 bits per heavy atom. The molecule has 3 rings (SSSR count). The van der Waals surface area contributed by atoms with Crippen molar-refractivity contribution in [2.45, 2.75) is 57.0 Å². The molecule has 1 aromatic rings. The van der Waals surface area contributed by atoms with Gasteiger partial charge in [0, 0.05) is 7.05 Å². The van der Waals surface area contributed by atoms with Crippen LogP contribution < -0.4 is 15.4 Å². The van der Waals surface area contributed by atoms with Gasteiger partial charge in [-0.15, -0.1) is 0 Å². The molecule has 2 heterocycles. The van der Waals surface area contributed by atoms with Gasteiger partial charge in [0.1, 0.15) is 6.10 Å². The summed E-state index contributed by atoms with van der Waals surface area (Å²) in [5.74, 6) is 0.694. The lowest BCUT2D eigenvalue weighted by Crippen LogP contribution is -2.49. The van der Waals surface area contributed by atoms with Crippen LogP contribution in [0.3, 0.4) is 0 Å². The summed E-state index contributed by atoms with van der Waals surface area (Å²) in [5, 5.41) is 6.72. The predicted octanol–water partition coefficient (Wildman–Crippen LogP) is 2.47. The monoisotopic (exact) mass is 335 g/mol. The molecule has 2 bridgehead atoms. The molecule has 6 heteroatoms. The summed E-state index contributed by atoms with van der Waals surface area (Å²) < 4.78 is 25.3. The highest BCUT2D eigenvalue weighted by molar-refractivity contribution is 5.80. The molecule has 132 valence electrons. The van der Waals surface area contributed by atoms with Gasteiger partial charge in [0.05, 0.1) is 24.8 Å². The fraction of sp³-hybridized carbons (Fsp3) is 0.611. The number of hydrogen-bond acceptors (Lipinski definition) is 3. The van der Waals surface area contributed by atoms with E-state index in [4.69, 9.17) is 9.47 Å². The molecular weight excluding hydrogens is 309 g/mol. The molecule has 0 amide bonds. The lowest BCUT2D eigenvalue weighted by Gasteiger charge is -2.24. The van der Waals surface area contributed by atoms with Gasteiger partial charge < -0.3 is 20.1 Å². The number of aliphatic imine (C=N–C) groups is 1. The number of hydrogen-bond donors (Lipinski definition) is 2. The average molecular weight is 335 g/mol. The van der Waals surface area contributed by atoms with Gasteiger partial charge in [0.25, 0.3) is 0 Å². The second-order valence-corrected chi connectivity index (χ2v) is 6.39. The number of nitrogens with zero attached hydrogens (tertiary/aromatic N) is 1. The summed E-state index contributed by atoms with van der Waals surface area (Å²) in [4.78, 5) is 4.28. The highest BCUT2D eigenvalue weighted by Crippen LogP contribution is 2.34. The van der Waals surface area contributed by atoms with Crippen LogP contribution in [0.25, 0.3) is 0 Å². The standard InChI is InChI=1S/C18H26FN3O2/c1-3-12(23-16-7-5-4-6-14(16)19)11-21-18(20-2)22-15-10-13-8-9-17(15)24-13/h4-7,12-13,15,17H,3,8-11H2,1-2H3,(H2,20,21,22). The average Bonchev–Trinajstić information content (AvgIpc) is 3.21. The van der Waals surface area contributed by atoms with Crippen LogP contribution in [0.5, 0.6) is 5.75 Å². The summed E-state index contributed by atoms with van der Waals surface area (Å²) in [6.07, 6.45) is 4.67. The van der Waals surface area contributed by atoms with Crippen LogP contribution in [-0.2, 0) is 4.74 Å². The first kappa shape index (κ1) is 17.0. The Bertz CT molecular complexity index is 581. The van der Waals surface area contributed by atoms with Crippen LogP contribution in [0.2, 0.25) is 0 Å². The second kappa shape index (κ2) is 7.83. The van der Waals surface area contributed by atoms with E-state index in [0.29, 0.717) is 24.8 Å². The smallest absolute Gasteiger partial charge is 0.191 e. The number of halogens is 1. The molecule has 0 aromatic heterocycles. The maximum Gasteiger partial charge on any atom is 0.191 e. The van der Waals surface area contributed by atoms with Crippen LogP contribution in [-0.4, -0.2) is 43.9 Å². The van der Waals surface area contributed by atoms with Crippen molar-refractivity contribution in [3.05, 3.63) is 30.1 Å². The highest BCUT2D eigenvalue weighted by Gasteiger charge is 2.41. The lowest BCUT2D eigenvalue weighted by molar-refractivity contribution is 0.0992. The Morgan fingerprint density at radius 1 is 1.42 bits per heavy atom. The molecule has 4 atom stereocenters. The van der Waals surface area contributed by atoms with E-state index in [9.17, 15) is 4.39 Å². The molecule has 2 N–H and O–H groups in total. The molecule has 4 unspecified atom stereocenters. The minimum absolute atomic E-state index is 0.128. The van der Waals surface area contributed by atoms with Gasteiger partial charge >= 0.3 is 0 Å². The summed E-state index contributed by atoms with van der Waals surface area (Å²) in [7, 11) is 1.75. The van der Waals surface area contributed by atoms with Crippen molar-refractivity contribution in [3.8, 4) is 5.75 Å². The van der Waals surface area contributed by atoms with Crippen LogP contribution in [0, 0.1) is 5.82 Å². The zero-order chi connectivity index (χ0) is 16.9. The fourth-order valence-electron chi connectivity index (χ4n) is 3.36. The zero-order valence-corrected chi connectivity index (χ0v) is 14.3. The molecule has 2 fully saturated rings. The largest absolute Gasteiger partial charge is 0.486 e. The molecule has 0 saturated carbocycles. The number of nitrogens with one attached hydrogen (secondary N) is 2. The van der Waals surface area contributed by atoms with Gasteiger partial charge in [-0.1, -0.05) is 19.1 Å². The minimum Gasteiger partial charge on any atom is -0.486 e. The molecule has 2 aliphatic rings. The van der Waals surface area contributed by atoms with Crippen LogP contribution in [0.4, 0.5) is 4.39 Å². The van der Waals surface area contributed by atoms with Gasteiger partial charge in [-0.2, -0.15) is 0 Å². The number of para-hydroxylation sites is 1. The zero-order valence-electron chi connectivity index (χ0n) is 14.3. The SMILES string of the molecule is CCC(CNC(=NC)NC1CC2CCC1O2)Oc1ccccc1F. The van der Waals surface area contributed by atoms with E-state index in [2.05, 4.69) is 15.6 Å². The van der Waals surface area contributed by atoms with Crippen molar-refractivity contribution in [3.63, 3.8) is 0 Å². The highest BCUT2D eigenvalue weighted by atomic mass is 19.1. The number of rotatable bonds is 6. The molecule has 2 saturated heterocycles. The van der Waals surface area contributed by atoms with E-state index in [-0.39, 0.29) is 17.7 Å². The number of guanidine groups is 1. The van der Waals surface area contributed by atoms with Crippen LogP contribution in [0.1, 0.15) is 32.6 Å². The Kier molecular flexibility index (Phi) is 5.56. The first-order valence-electron chi connectivity index (χ1n) is 8.73. The lowest BCUT2D eigenvalue weighted by atomic mass is 9.96. The number of fused-ring (bicyclic) bond motifs is 2. The van der Waals surface area contributed by atoms with Crippen molar-refractivity contribution in [1.29, 1.82) is 0 Å². The molecular formula is C18H26FN3O2. The Hall–Kier alpha value is -1.82. The summed E-state index contributed by atoms with van der Waals surface area (Å²) in [6, 6.07) is 6.81. The Morgan fingerprint density at radius 3 is 2.88 bits per heavy atom. The Labute approximate surface area is 142 Å². The molecule has 24 heavy (non-hydrogen) atoms. The number of benzene rings is 1. The minimum atomic E-state index is -0.336. The fourth-order valence-corrected chi connectivity index (χ4v) is 3.36. The Balaban J connectivity index is 1.49. The van der Waals surface area contributed by atoms with Crippen molar-refractivity contribution in [1.82, 2.24) is 10.6 Å². The van der Waals surface area contributed by atoms with Crippen molar-refractivity contribution in [2.75, 3.05) is 13.6 Å². The third-order valence-corrected chi connectivity index (χ3v) is 4.73. The van der Waals surface area contributed by atoms with Gasteiger partial charge in [-0.05, 0) is 37.8 Å². The molecule has 0 aliphatic carbocycles. The predicted molar refractivity (Wildman–Crippen MR) is 91.9 cm³/mol. The van der Waals surface area contributed by atoms with E-state index in [0.717, 1.165) is 25.2 Å². The molecule has 2 aliphatic heterocycles. The normalized spacial score (nSPS) is 27.1. The first-order chi connectivity index (χ1) is 11.7. The van der Waals surface area contributed by atoms with Crippen molar-refractivity contribution in [2.24, 2.45) is 4.99 Å².